The van der Waals surface area contributed by atoms with Gasteiger partial charge in [-0.25, -0.2) is 0 Å². The molecule has 0 fully saturated rings. The second-order valence-corrected chi connectivity index (χ2v) is 12.3. The molecule has 3 nitrogen and oxygen atoms in total. The third-order valence-electron chi connectivity index (χ3n) is 8.44. The van der Waals surface area contributed by atoms with Crippen LogP contribution in [0.15, 0.2) is 144 Å². The van der Waals surface area contributed by atoms with Crippen molar-refractivity contribution in [3.05, 3.63) is 140 Å². The molecule has 0 aliphatic rings. The maximum atomic E-state index is 6.12. The maximum Gasteiger partial charge on any atom is 0.135 e. The van der Waals surface area contributed by atoms with E-state index in [9.17, 15) is 0 Å². The number of furan rings is 1. The van der Waals surface area contributed by atoms with Gasteiger partial charge >= 0.3 is 0 Å². The fraction of sp³-hybridized carbons (Fsp3) is 0.100. The molecule has 0 bridgehead atoms. The van der Waals surface area contributed by atoms with E-state index in [4.69, 9.17) is 4.42 Å². The Labute approximate surface area is 251 Å². The lowest BCUT2D eigenvalue weighted by atomic mass is 10.0. The van der Waals surface area contributed by atoms with E-state index in [0.717, 1.165) is 39.0 Å². The number of aromatic nitrogens is 1. The topological polar surface area (TPSA) is 21.3 Å². The van der Waals surface area contributed by atoms with Crippen molar-refractivity contribution in [3.63, 3.8) is 0 Å². The summed E-state index contributed by atoms with van der Waals surface area (Å²) in [4.78, 5) is 2.31. The van der Waals surface area contributed by atoms with Gasteiger partial charge in [0.1, 0.15) is 11.2 Å². The van der Waals surface area contributed by atoms with Gasteiger partial charge in [-0.05, 0) is 98.6 Å². The van der Waals surface area contributed by atoms with Gasteiger partial charge < -0.3 is 13.9 Å². The number of rotatable bonds is 4. The summed E-state index contributed by atoms with van der Waals surface area (Å²) < 4.78 is 8.58. The van der Waals surface area contributed by atoms with E-state index < -0.39 is 0 Å². The van der Waals surface area contributed by atoms with Crippen molar-refractivity contribution >= 4 is 60.8 Å². The predicted molar refractivity (Wildman–Crippen MR) is 182 cm³/mol. The zero-order chi connectivity index (χ0) is 29.1. The first-order chi connectivity index (χ1) is 21.0. The van der Waals surface area contributed by atoms with Gasteiger partial charge in [0.05, 0.1) is 0 Å². The Morgan fingerprint density at radius 2 is 1.07 bits per heavy atom. The second-order valence-electron chi connectivity index (χ2n) is 12.3. The van der Waals surface area contributed by atoms with Gasteiger partial charge in [0.25, 0.3) is 0 Å². The molecule has 2 heterocycles. The Bertz CT molecular complexity index is 2260. The van der Waals surface area contributed by atoms with E-state index in [0.29, 0.717) is 0 Å². The van der Waals surface area contributed by atoms with Crippen molar-refractivity contribution in [2.75, 3.05) is 4.90 Å². The van der Waals surface area contributed by atoms with Crippen LogP contribution < -0.4 is 4.90 Å². The lowest BCUT2D eigenvalue weighted by molar-refractivity contribution is 0.423. The Morgan fingerprint density at radius 1 is 0.465 bits per heavy atom. The normalized spacial score (nSPS) is 12.1. The van der Waals surface area contributed by atoms with Crippen LogP contribution in [0.25, 0.3) is 54.9 Å². The largest absolute Gasteiger partial charge is 0.456 e. The molecule has 0 atom stereocenters. The quantitative estimate of drug-likeness (QED) is 0.215. The van der Waals surface area contributed by atoms with Crippen LogP contribution >= 0.6 is 0 Å². The number of hydrogen-bond acceptors (Lipinski definition) is 2. The summed E-state index contributed by atoms with van der Waals surface area (Å²) in [5.74, 6) is 0. The minimum atomic E-state index is -0.0167. The lowest BCUT2D eigenvalue weighted by Gasteiger charge is -2.25. The second kappa shape index (κ2) is 9.64. The molecule has 0 N–H and O–H groups in total. The Balaban J connectivity index is 1.23. The molecule has 8 aromatic rings. The van der Waals surface area contributed by atoms with Gasteiger partial charge in [-0.3, -0.25) is 0 Å². The standard InChI is InChI=1S/C40H32N2O/c1-40(2,3)42-36-15-9-7-13-32(36)34-25-28(19-23-37(34)42)27-17-20-30(21-18-27)41(29-11-5-4-6-12-29)31-22-24-39-35(26-31)33-14-8-10-16-38(33)43-39/h4-26H,1-3H3. The molecule has 0 aliphatic carbocycles. The summed E-state index contributed by atoms with van der Waals surface area (Å²) in [6.45, 7) is 6.82. The zero-order valence-corrected chi connectivity index (χ0v) is 24.6. The van der Waals surface area contributed by atoms with Crippen molar-refractivity contribution in [1.29, 1.82) is 0 Å². The Kier molecular flexibility index (Phi) is 5.70. The number of benzene rings is 6. The molecule has 3 heteroatoms. The van der Waals surface area contributed by atoms with E-state index >= 15 is 0 Å². The van der Waals surface area contributed by atoms with Crippen LogP contribution in [-0.4, -0.2) is 4.57 Å². The highest BCUT2D eigenvalue weighted by molar-refractivity contribution is 6.10. The van der Waals surface area contributed by atoms with E-state index in [1.54, 1.807) is 0 Å². The van der Waals surface area contributed by atoms with Gasteiger partial charge in [-0.2, -0.15) is 0 Å². The number of para-hydroxylation sites is 3. The molecule has 2 aromatic heterocycles. The van der Waals surface area contributed by atoms with Gasteiger partial charge in [0.15, 0.2) is 0 Å². The van der Waals surface area contributed by atoms with Crippen LogP contribution in [-0.2, 0) is 5.54 Å². The number of nitrogens with zero attached hydrogens (tertiary/aromatic N) is 2. The molecule has 0 unspecified atom stereocenters. The van der Waals surface area contributed by atoms with Crippen LogP contribution in [0.5, 0.6) is 0 Å². The van der Waals surface area contributed by atoms with Crippen LogP contribution in [0.1, 0.15) is 20.8 Å². The summed E-state index contributed by atoms with van der Waals surface area (Å²) >= 11 is 0. The third-order valence-corrected chi connectivity index (χ3v) is 8.44. The van der Waals surface area contributed by atoms with Crippen molar-refractivity contribution in [2.24, 2.45) is 0 Å². The molecule has 0 spiro atoms. The summed E-state index contributed by atoms with van der Waals surface area (Å²) in [6, 6.07) is 49.8. The van der Waals surface area contributed by atoms with Crippen LogP contribution in [0.2, 0.25) is 0 Å². The molecule has 6 aromatic carbocycles. The predicted octanol–water partition coefficient (Wildman–Crippen LogP) is 11.6. The molecular formula is C40H32N2O. The smallest absolute Gasteiger partial charge is 0.135 e. The number of hydrogen-bond donors (Lipinski definition) is 0. The third kappa shape index (κ3) is 4.20. The molecule has 0 amide bonds. The Hall–Kier alpha value is -5.28. The fourth-order valence-electron chi connectivity index (χ4n) is 6.56. The van der Waals surface area contributed by atoms with Crippen molar-refractivity contribution in [1.82, 2.24) is 4.57 Å². The first-order valence-corrected chi connectivity index (χ1v) is 14.9. The molecular weight excluding hydrogens is 524 g/mol. The summed E-state index contributed by atoms with van der Waals surface area (Å²) in [5, 5.41) is 4.83. The average Bonchev–Trinajstić information content (AvgIpc) is 3.57. The van der Waals surface area contributed by atoms with Gasteiger partial charge in [0.2, 0.25) is 0 Å². The highest BCUT2D eigenvalue weighted by Gasteiger charge is 2.21. The maximum absolute atomic E-state index is 6.12. The minimum Gasteiger partial charge on any atom is -0.456 e. The van der Waals surface area contributed by atoms with Gasteiger partial charge in [-0.15, -0.1) is 0 Å². The van der Waals surface area contributed by atoms with E-state index in [1.165, 1.54) is 32.9 Å². The summed E-state index contributed by atoms with van der Waals surface area (Å²) in [5.41, 5.74) is 10.1. The zero-order valence-electron chi connectivity index (χ0n) is 24.6. The van der Waals surface area contributed by atoms with Crippen molar-refractivity contribution in [3.8, 4) is 11.1 Å². The average molecular weight is 557 g/mol. The van der Waals surface area contributed by atoms with Crippen molar-refractivity contribution in [2.45, 2.75) is 26.3 Å². The Morgan fingerprint density at radius 3 is 1.86 bits per heavy atom. The van der Waals surface area contributed by atoms with Crippen LogP contribution in [0.4, 0.5) is 17.1 Å². The molecule has 43 heavy (non-hydrogen) atoms. The SMILES string of the molecule is CC(C)(C)n1c2ccccc2c2cc(-c3ccc(N(c4ccccc4)c4ccc5oc6ccccc6c5c4)cc3)ccc21. The fourth-order valence-corrected chi connectivity index (χ4v) is 6.56. The minimum absolute atomic E-state index is 0.0167. The first kappa shape index (κ1) is 25.4. The first-order valence-electron chi connectivity index (χ1n) is 14.9. The van der Waals surface area contributed by atoms with E-state index in [2.05, 4.69) is 158 Å². The van der Waals surface area contributed by atoms with E-state index in [-0.39, 0.29) is 5.54 Å². The molecule has 0 aliphatic heterocycles. The van der Waals surface area contributed by atoms with E-state index in [1.807, 2.05) is 12.1 Å². The molecule has 0 saturated heterocycles. The number of anilines is 3. The monoisotopic (exact) mass is 556 g/mol. The molecule has 208 valence electrons. The highest BCUT2D eigenvalue weighted by atomic mass is 16.3. The van der Waals surface area contributed by atoms with Crippen molar-refractivity contribution < 1.29 is 4.42 Å². The summed E-state index contributed by atoms with van der Waals surface area (Å²) in [7, 11) is 0. The molecule has 8 rings (SSSR count). The van der Waals surface area contributed by atoms with Crippen LogP contribution in [0, 0.1) is 0 Å². The summed E-state index contributed by atoms with van der Waals surface area (Å²) in [6.07, 6.45) is 0. The highest BCUT2D eigenvalue weighted by Crippen LogP contribution is 2.40. The molecule has 0 saturated carbocycles. The lowest BCUT2D eigenvalue weighted by Crippen LogP contribution is -2.21. The number of fused-ring (bicyclic) bond motifs is 6. The van der Waals surface area contributed by atoms with Gasteiger partial charge in [-0.1, -0.05) is 72.8 Å². The molecule has 0 radical (unpaired) electrons. The van der Waals surface area contributed by atoms with Gasteiger partial charge in [0, 0.05) is 55.2 Å². The van der Waals surface area contributed by atoms with Crippen LogP contribution in [0.3, 0.4) is 0 Å².